The van der Waals surface area contributed by atoms with Crippen LogP contribution in [0.5, 0.6) is 0 Å². The molecule has 1 aromatic heterocycles. The van der Waals surface area contributed by atoms with Gasteiger partial charge < -0.3 is 9.84 Å². The predicted molar refractivity (Wildman–Crippen MR) is 68.8 cm³/mol. The monoisotopic (exact) mass is 264 g/mol. The van der Waals surface area contributed by atoms with Crippen LogP contribution < -0.4 is 5.56 Å². The number of hydrogen-bond donors (Lipinski definition) is 1. The van der Waals surface area contributed by atoms with E-state index in [4.69, 9.17) is 4.74 Å². The van der Waals surface area contributed by atoms with Gasteiger partial charge in [-0.15, -0.1) is 0 Å². The van der Waals surface area contributed by atoms with E-state index in [1.807, 2.05) is 6.92 Å². The lowest BCUT2D eigenvalue weighted by atomic mass is 9.97. The first kappa shape index (κ1) is 13.3. The minimum Gasteiger partial charge on any atom is -0.515 e. The van der Waals surface area contributed by atoms with Gasteiger partial charge in [0.2, 0.25) is 0 Å². The van der Waals surface area contributed by atoms with Crippen LogP contribution in [0.15, 0.2) is 17.3 Å². The Morgan fingerprint density at radius 3 is 3.05 bits per heavy atom. The lowest BCUT2D eigenvalue weighted by molar-refractivity contribution is 0.0522. The minimum atomic E-state index is -0.664. The molecule has 0 spiro atoms. The van der Waals surface area contributed by atoms with Crippen LogP contribution in [0.4, 0.5) is 0 Å². The van der Waals surface area contributed by atoms with Crippen molar-refractivity contribution in [2.75, 3.05) is 6.61 Å². The van der Waals surface area contributed by atoms with Gasteiger partial charge in [0.05, 0.1) is 12.9 Å². The molecule has 0 radical (unpaired) electrons. The van der Waals surface area contributed by atoms with Gasteiger partial charge in [-0.05, 0) is 19.3 Å². The van der Waals surface area contributed by atoms with E-state index < -0.39 is 11.5 Å². The number of fused-ring (bicyclic) bond motifs is 1. The molecular weight excluding hydrogens is 248 g/mol. The summed E-state index contributed by atoms with van der Waals surface area (Å²) in [5, 5.41) is 9.20. The Balaban J connectivity index is 2.54. The second kappa shape index (κ2) is 5.26. The molecule has 19 heavy (non-hydrogen) atoms. The molecule has 1 unspecified atom stereocenters. The van der Waals surface area contributed by atoms with Gasteiger partial charge in [-0.2, -0.15) is 0 Å². The third-order valence-electron chi connectivity index (χ3n) is 3.05. The first-order valence-corrected chi connectivity index (χ1v) is 6.19. The Bertz CT molecular complexity index is 589. The lowest BCUT2D eigenvalue weighted by Gasteiger charge is -2.24. The number of ether oxygens (including phenoxy) is 1. The topological polar surface area (TPSA) is 81.4 Å². The van der Waals surface area contributed by atoms with Gasteiger partial charge in [0.1, 0.15) is 11.4 Å². The van der Waals surface area contributed by atoms with E-state index in [1.165, 1.54) is 10.8 Å². The third kappa shape index (κ3) is 2.38. The summed E-state index contributed by atoms with van der Waals surface area (Å²) in [6, 6.07) is 0. The number of allylic oxidation sites excluding steroid dienone is 1. The van der Waals surface area contributed by atoms with E-state index >= 15 is 0 Å². The van der Waals surface area contributed by atoms with Gasteiger partial charge in [-0.25, -0.2) is 9.78 Å². The van der Waals surface area contributed by atoms with Crippen molar-refractivity contribution in [3.05, 3.63) is 34.2 Å². The molecule has 0 aromatic carbocycles. The van der Waals surface area contributed by atoms with Crippen molar-refractivity contribution in [2.45, 2.75) is 26.8 Å². The standard InChI is InChI=1S/C13H16N2O4/c1-3-19-13(18)10-5-14-11-9(7-16)4-8(2)6-15(11)12(10)17/h5,7-8,16H,3-4,6H2,1-2H3/b9-7+. The first-order valence-electron chi connectivity index (χ1n) is 6.19. The fraction of sp³-hybridized carbons (Fsp3) is 0.462. The Kier molecular flexibility index (Phi) is 3.69. The van der Waals surface area contributed by atoms with E-state index in [0.29, 0.717) is 24.4 Å². The van der Waals surface area contributed by atoms with E-state index in [1.54, 1.807) is 6.92 Å². The molecule has 0 fully saturated rings. The van der Waals surface area contributed by atoms with Crippen molar-refractivity contribution in [3.63, 3.8) is 0 Å². The molecule has 2 heterocycles. The molecule has 0 saturated heterocycles. The molecule has 1 aliphatic rings. The summed E-state index contributed by atoms with van der Waals surface area (Å²) in [5.74, 6) is -0.0513. The van der Waals surface area contributed by atoms with Crippen LogP contribution in [0.2, 0.25) is 0 Å². The third-order valence-corrected chi connectivity index (χ3v) is 3.05. The summed E-state index contributed by atoms with van der Waals surface area (Å²) in [4.78, 5) is 28.0. The zero-order chi connectivity index (χ0) is 14.0. The van der Waals surface area contributed by atoms with Crippen LogP contribution in [0.3, 0.4) is 0 Å². The molecule has 0 aliphatic carbocycles. The second-order valence-electron chi connectivity index (χ2n) is 4.60. The molecule has 1 N–H and O–H groups in total. The number of hydrogen-bond acceptors (Lipinski definition) is 5. The summed E-state index contributed by atoms with van der Waals surface area (Å²) in [6.07, 6.45) is 2.84. The van der Waals surface area contributed by atoms with Crippen molar-refractivity contribution in [1.29, 1.82) is 0 Å². The van der Waals surface area contributed by atoms with E-state index in [2.05, 4.69) is 4.98 Å². The maximum Gasteiger partial charge on any atom is 0.345 e. The van der Waals surface area contributed by atoms with Crippen LogP contribution in [-0.4, -0.2) is 27.2 Å². The summed E-state index contributed by atoms with van der Waals surface area (Å²) in [7, 11) is 0. The van der Waals surface area contributed by atoms with Crippen molar-refractivity contribution in [2.24, 2.45) is 5.92 Å². The first-order chi connectivity index (χ1) is 9.08. The maximum atomic E-state index is 12.3. The smallest absolute Gasteiger partial charge is 0.345 e. The summed E-state index contributed by atoms with van der Waals surface area (Å²) in [6.45, 7) is 4.33. The Hall–Kier alpha value is -2.11. The number of carbonyl (C=O) groups is 1. The number of aliphatic hydroxyl groups excluding tert-OH is 1. The van der Waals surface area contributed by atoms with Crippen LogP contribution in [0.1, 0.15) is 36.5 Å². The zero-order valence-electron chi connectivity index (χ0n) is 10.9. The van der Waals surface area contributed by atoms with Crippen molar-refractivity contribution >= 4 is 11.5 Å². The number of rotatable bonds is 2. The summed E-state index contributed by atoms with van der Waals surface area (Å²) in [5.41, 5.74) is 0.109. The van der Waals surface area contributed by atoms with Crippen LogP contribution in [0, 0.1) is 5.92 Å². The van der Waals surface area contributed by atoms with E-state index in [-0.39, 0.29) is 18.1 Å². The van der Waals surface area contributed by atoms with Crippen molar-refractivity contribution in [1.82, 2.24) is 9.55 Å². The molecule has 6 nitrogen and oxygen atoms in total. The number of aliphatic hydroxyl groups is 1. The molecule has 1 atom stereocenters. The van der Waals surface area contributed by atoms with Gasteiger partial charge in [0.15, 0.2) is 0 Å². The predicted octanol–water partition coefficient (Wildman–Crippen LogP) is 1.36. The largest absolute Gasteiger partial charge is 0.515 e. The highest BCUT2D eigenvalue weighted by Crippen LogP contribution is 2.26. The number of esters is 1. The lowest BCUT2D eigenvalue weighted by Crippen LogP contribution is -2.34. The normalized spacial score (nSPS) is 20.1. The molecule has 0 bridgehead atoms. The van der Waals surface area contributed by atoms with Crippen LogP contribution in [0.25, 0.3) is 5.57 Å². The van der Waals surface area contributed by atoms with Gasteiger partial charge in [-0.3, -0.25) is 9.36 Å². The van der Waals surface area contributed by atoms with Crippen molar-refractivity contribution < 1.29 is 14.6 Å². The van der Waals surface area contributed by atoms with Crippen LogP contribution in [-0.2, 0) is 11.3 Å². The van der Waals surface area contributed by atoms with Gasteiger partial charge >= 0.3 is 5.97 Å². The van der Waals surface area contributed by atoms with Crippen molar-refractivity contribution in [3.8, 4) is 0 Å². The number of aromatic nitrogens is 2. The maximum absolute atomic E-state index is 12.3. The number of nitrogens with zero attached hydrogens (tertiary/aromatic N) is 2. The second-order valence-corrected chi connectivity index (χ2v) is 4.60. The molecule has 1 aromatic rings. The molecule has 2 rings (SSSR count). The Morgan fingerprint density at radius 1 is 1.68 bits per heavy atom. The quantitative estimate of drug-likeness (QED) is 0.644. The molecule has 1 aliphatic heterocycles. The molecule has 0 amide bonds. The highest BCUT2D eigenvalue weighted by atomic mass is 16.5. The molecule has 102 valence electrons. The fourth-order valence-electron chi connectivity index (χ4n) is 2.22. The van der Waals surface area contributed by atoms with E-state index in [0.717, 1.165) is 6.26 Å². The SMILES string of the molecule is CCOC(=O)c1cnc2n(c1=O)CC(C)C/C2=C\O. The summed E-state index contributed by atoms with van der Waals surface area (Å²) < 4.78 is 6.24. The molecular formula is C13H16N2O4. The van der Waals surface area contributed by atoms with Gasteiger partial charge in [0.25, 0.3) is 5.56 Å². The Morgan fingerprint density at radius 2 is 2.42 bits per heavy atom. The minimum absolute atomic E-state index is 0.0722. The van der Waals surface area contributed by atoms with E-state index in [9.17, 15) is 14.7 Å². The molecule has 6 heteroatoms. The molecule has 0 saturated carbocycles. The fourth-order valence-corrected chi connectivity index (χ4v) is 2.22. The Labute approximate surface area is 110 Å². The average molecular weight is 264 g/mol. The zero-order valence-corrected chi connectivity index (χ0v) is 10.9. The highest BCUT2D eigenvalue weighted by Gasteiger charge is 2.25. The highest BCUT2D eigenvalue weighted by molar-refractivity contribution is 5.88. The average Bonchev–Trinajstić information content (AvgIpc) is 2.39. The summed E-state index contributed by atoms with van der Waals surface area (Å²) >= 11 is 0. The van der Waals surface area contributed by atoms with Gasteiger partial charge in [0, 0.05) is 18.3 Å². The van der Waals surface area contributed by atoms with Crippen LogP contribution >= 0.6 is 0 Å². The number of carbonyl (C=O) groups excluding carboxylic acids is 1. The van der Waals surface area contributed by atoms with Gasteiger partial charge in [-0.1, -0.05) is 6.92 Å².